The third-order valence-electron chi connectivity index (χ3n) is 2.85. The maximum atomic E-state index is 5.52. The summed E-state index contributed by atoms with van der Waals surface area (Å²) in [6.45, 7) is 1.68. The lowest BCUT2D eigenvalue weighted by Crippen LogP contribution is -2.45. The number of ether oxygens (including phenoxy) is 1. The highest BCUT2D eigenvalue weighted by atomic mass is 79.9. The number of hydrogen-bond donors (Lipinski definition) is 0. The van der Waals surface area contributed by atoms with E-state index in [0.29, 0.717) is 12.1 Å². The summed E-state index contributed by atoms with van der Waals surface area (Å²) in [6, 6.07) is 1.04. The predicted octanol–water partition coefficient (Wildman–Crippen LogP) is 1.67. The van der Waals surface area contributed by atoms with Crippen LogP contribution in [0.4, 0.5) is 5.13 Å². The van der Waals surface area contributed by atoms with Crippen molar-refractivity contribution in [1.29, 1.82) is 0 Å². The third-order valence-corrected chi connectivity index (χ3v) is 4.22. The van der Waals surface area contributed by atoms with Crippen molar-refractivity contribution >= 4 is 32.4 Å². The van der Waals surface area contributed by atoms with Crippen LogP contribution in [-0.4, -0.2) is 35.5 Å². The van der Waals surface area contributed by atoms with Gasteiger partial charge in [0.2, 0.25) is 5.13 Å². The lowest BCUT2D eigenvalue weighted by atomic mass is 10.2. The van der Waals surface area contributed by atoms with Crippen molar-refractivity contribution in [2.45, 2.75) is 24.9 Å². The van der Waals surface area contributed by atoms with Crippen molar-refractivity contribution in [3.05, 3.63) is 3.92 Å². The van der Waals surface area contributed by atoms with Crippen LogP contribution in [0.2, 0.25) is 0 Å². The maximum absolute atomic E-state index is 5.52. The van der Waals surface area contributed by atoms with E-state index in [1.54, 1.807) is 11.3 Å². The van der Waals surface area contributed by atoms with Crippen LogP contribution in [0.25, 0.3) is 0 Å². The Labute approximate surface area is 94.4 Å². The minimum absolute atomic E-state index is 0.522. The van der Waals surface area contributed by atoms with Crippen LogP contribution in [0, 0.1) is 0 Å². The fraction of sp³-hybridized carbons (Fsp3) is 0.750. The number of anilines is 1. The van der Waals surface area contributed by atoms with Gasteiger partial charge >= 0.3 is 0 Å². The molecule has 6 heteroatoms. The molecular formula is C8H10BrN3OS. The average molecular weight is 276 g/mol. The van der Waals surface area contributed by atoms with Gasteiger partial charge in [-0.25, -0.2) is 0 Å². The molecule has 2 atom stereocenters. The highest BCUT2D eigenvalue weighted by molar-refractivity contribution is 9.11. The molecule has 0 N–H and O–H groups in total. The minimum Gasteiger partial charge on any atom is -0.377 e. The van der Waals surface area contributed by atoms with Gasteiger partial charge in [-0.05, 0) is 28.8 Å². The number of aromatic nitrogens is 2. The fourth-order valence-corrected chi connectivity index (χ4v) is 3.47. The van der Waals surface area contributed by atoms with E-state index in [2.05, 4.69) is 31.0 Å². The van der Waals surface area contributed by atoms with Crippen molar-refractivity contribution in [2.75, 3.05) is 18.1 Å². The summed E-state index contributed by atoms with van der Waals surface area (Å²) in [5, 5.41) is 9.20. The van der Waals surface area contributed by atoms with Gasteiger partial charge in [-0.1, -0.05) is 11.3 Å². The Hall–Kier alpha value is -0.200. The van der Waals surface area contributed by atoms with E-state index in [-0.39, 0.29) is 0 Å². The summed E-state index contributed by atoms with van der Waals surface area (Å²) in [5.74, 6) is 0. The van der Waals surface area contributed by atoms with Crippen LogP contribution in [0.1, 0.15) is 12.8 Å². The Morgan fingerprint density at radius 3 is 2.57 bits per heavy atom. The second kappa shape index (κ2) is 3.43. The molecule has 0 spiro atoms. The van der Waals surface area contributed by atoms with Crippen molar-refractivity contribution in [3.8, 4) is 0 Å². The van der Waals surface area contributed by atoms with Gasteiger partial charge in [0.1, 0.15) is 0 Å². The van der Waals surface area contributed by atoms with Crippen LogP contribution >= 0.6 is 27.3 Å². The molecule has 2 saturated heterocycles. The van der Waals surface area contributed by atoms with Crippen molar-refractivity contribution in [1.82, 2.24) is 10.2 Å². The quantitative estimate of drug-likeness (QED) is 0.782. The zero-order chi connectivity index (χ0) is 9.54. The smallest absolute Gasteiger partial charge is 0.209 e. The SMILES string of the molecule is Brc1nnc(N2C3CCC2COC3)s1. The van der Waals surface area contributed by atoms with Crippen LogP contribution in [-0.2, 0) is 4.74 Å². The van der Waals surface area contributed by atoms with Gasteiger partial charge in [0, 0.05) is 0 Å². The van der Waals surface area contributed by atoms with E-state index in [4.69, 9.17) is 4.74 Å². The summed E-state index contributed by atoms with van der Waals surface area (Å²) in [7, 11) is 0. The van der Waals surface area contributed by atoms with Gasteiger partial charge in [0.25, 0.3) is 0 Å². The number of nitrogens with zero attached hydrogens (tertiary/aromatic N) is 3. The Morgan fingerprint density at radius 1 is 1.29 bits per heavy atom. The number of hydrogen-bond acceptors (Lipinski definition) is 5. The molecule has 2 fully saturated rings. The van der Waals surface area contributed by atoms with Crippen LogP contribution in [0.15, 0.2) is 3.92 Å². The van der Waals surface area contributed by atoms with Crippen molar-refractivity contribution in [3.63, 3.8) is 0 Å². The second-order valence-electron chi connectivity index (χ2n) is 3.67. The van der Waals surface area contributed by atoms with E-state index in [1.807, 2.05) is 0 Å². The molecule has 76 valence electrons. The van der Waals surface area contributed by atoms with E-state index < -0.39 is 0 Å². The van der Waals surface area contributed by atoms with Gasteiger partial charge in [0.15, 0.2) is 3.92 Å². The Morgan fingerprint density at radius 2 is 2.00 bits per heavy atom. The summed E-state index contributed by atoms with van der Waals surface area (Å²) >= 11 is 4.95. The molecule has 4 nitrogen and oxygen atoms in total. The fourth-order valence-electron chi connectivity index (χ4n) is 2.24. The minimum atomic E-state index is 0.522. The first-order valence-corrected chi connectivity index (χ1v) is 6.30. The normalized spacial score (nSPS) is 31.1. The molecular weight excluding hydrogens is 266 g/mol. The first kappa shape index (κ1) is 9.06. The summed E-state index contributed by atoms with van der Waals surface area (Å²) < 4.78 is 6.38. The number of morpholine rings is 1. The molecule has 14 heavy (non-hydrogen) atoms. The van der Waals surface area contributed by atoms with Crippen LogP contribution in [0.3, 0.4) is 0 Å². The van der Waals surface area contributed by atoms with Crippen molar-refractivity contribution < 1.29 is 4.74 Å². The molecule has 0 amide bonds. The van der Waals surface area contributed by atoms with Crippen molar-refractivity contribution in [2.24, 2.45) is 0 Å². The van der Waals surface area contributed by atoms with Gasteiger partial charge in [-0.15, -0.1) is 10.2 Å². The number of halogens is 1. The highest BCUT2D eigenvalue weighted by Crippen LogP contribution is 2.36. The van der Waals surface area contributed by atoms with E-state index in [9.17, 15) is 0 Å². The maximum Gasteiger partial charge on any atom is 0.209 e. The van der Waals surface area contributed by atoms with E-state index in [1.165, 1.54) is 12.8 Å². The lowest BCUT2D eigenvalue weighted by molar-refractivity contribution is 0.0905. The molecule has 3 heterocycles. The van der Waals surface area contributed by atoms with Crippen LogP contribution < -0.4 is 4.90 Å². The van der Waals surface area contributed by atoms with Crippen LogP contribution in [0.5, 0.6) is 0 Å². The molecule has 3 rings (SSSR count). The topological polar surface area (TPSA) is 38.2 Å². The summed E-state index contributed by atoms with van der Waals surface area (Å²) in [4.78, 5) is 2.38. The first-order valence-electron chi connectivity index (χ1n) is 4.69. The van der Waals surface area contributed by atoms with Gasteiger partial charge < -0.3 is 9.64 Å². The van der Waals surface area contributed by atoms with E-state index >= 15 is 0 Å². The molecule has 1 aromatic rings. The largest absolute Gasteiger partial charge is 0.377 e. The molecule has 2 aliphatic rings. The third kappa shape index (κ3) is 1.36. The van der Waals surface area contributed by atoms with Gasteiger partial charge in [-0.3, -0.25) is 0 Å². The summed E-state index contributed by atoms with van der Waals surface area (Å²) in [5.41, 5.74) is 0. The van der Waals surface area contributed by atoms with Gasteiger partial charge in [-0.2, -0.15) is 0 Å². The molecule has 2 unspecified atom stereocenters. The number of rotatable bonds is 1. The predicted molar refractivity (Wildman–Crippen MR) is 57.7 cm³/mol. The average Bonchev–Trinajstić information content (AvgIpc) is 2.68. The Kier molecular flexibility index (Phi) is 2.22. The second-order valence-corrected chi connectivity index (χ2v) is 5.90. The first-order chi connectivity index (χ1) is 6.84. The zero-order valence-corrected chi connectivity index (χ0v) is 9.92. The molecule has 0 aliphatic carbocycles. The number of fused-ring (bicyclic) bond motifs is 2. The Bertz CT molecular complexity index is 329. The Balaban J connectivity index is 1.91. The molecule has 0 radical (unpaired) electrons. The standard InChI is InChI=1S/C8H10BrN3OS/c9-7-10-11-8(14-7)12-5-1-2-6(12)4-13-3-5/h5-6H,1-4H2. The zero-order valence-electron chi connectivity index (χ0n) is 7.52. The molecule has 0 saturated carbocycles. The van der Waals surface area contributed by atoms with E-state index in [0.717, 1.165) is 22.3 Å². The molecule has 2 bridgehead atoms. The highest BCUT2D eigenvalue weighted by Gasteiger charge is 2.39. The monoisotopic (exact) mass is 275 g/mol. The summed E-state index contributed by atoms with van der Waals surface area (Å²) in [6.07, 6.45) is 2.45. The molecule has 1 aromatic heterocycles. The van der Waals surface area contributed by atoms with Gasteiger partial charge in [0.05, 0.1) is 25.3 Å². The molecule has 0 aromatic carbocycles. The molecule has 2 aliphatic heterocycles. The lowest BCUT2D eigenvalue weighted by Gasteiger charge is -2.33.